The van der Waals surface area contributed by atoms with Crippen LogP contribution in [0, 0.1) is 6.92 Å². The summed E-state index contributed by atoms with van der Waals surface area (Å²) in [5.74, 6) is 1.20. The molecule has 3 aromatic rings. The van der Waals surface area contributed by atoms with E-state index >= 15 is 0 Å². The number of aromatic nitrogens is 2. The summed E-state index contributed by atoms with van der Waals surface area (Å²) in [5.41, 5.74) is 3.44. The van der Waals surface area contributed by atoms with Crippen molar-refractivity contribution < 1.29 is 4.79 Å². The van der Waals surface area contributed by atoms with Crippen molar-refractivity contribution in [3.05, 3.63) is 65.4 Å². The summed E-state index contributed by atoms with van der Waals surface area (Å²) >= 11 is 6.15. The number of rotatable bonds is 5. The number of amides is 1. The van der Waals surface area contributed by atoms with Crippen LogP contribution in [0.15, 0.2) is 54.9 Å². The van der Waals surface area contributed by atoms with Gasteiger partial charge in [0.2, 0.25) is 5.91 Å². The van der Waals surface area contributed by atoms with E-state index in [9.17, 15) is 4.79 Å². The minimum absolute atomic E-state index is 0.103. The molecule has 132 valence electrons. The van der Waals surface area contributed by atoms with Crippen molar-refractivity contribution in [2.45, 2.75) is 13.8 Å². The molecule has 0 aliphatic rings. The summed E-state index contributed by atoms with van der Waals surface area (Å²) in [5, 5.41) is 9.88. The van der Waals surface area contributed by atoms with Gasteiger partial charge in [0.05, 0.1) is 0 Å². The third-order valence-electron chi connectivity index (χ3n) is 3.68. The van der Waals surface area contributed by atoms with E-state index in [0.29, 0.717) is 16.7 Å². The standard InChI is InChI=1S/C19H18ClN5O/c1-12-16(20)4-3-5-17(12)25-19-10-18(21-11-22-19)24-15-8-6-14(7-9-15)23-13(2)26/h3-11H,1-2H3,(H,23,26)(H2,21,22,24,25). The fraction of sp³-hybridized carbons (Fsp3) is 0.105. The lowest BCUT2D eigenvalue weighted by Crippen LogP contribution is -2.05. The molecule has 6 nitrogen and oxygen atoms in total. The molecule has 3 rings (SSSR count). The van der Waals surface area contributed by atoms with Crippen LogP contribution in [0.3, 0.4) is 0 Å². The lowest BCUT2D eigenvalue weighted by atomic mass is 10.2. The first-order valence-electron chi connectivity index (χ1n) is 8.00. The van der Waals surface area contributed by atoms with Gasteiger partial charge >= 0.3 is 0 Å². The van der Waals surface area contributed by atoms with Gasteiger partial charge in [0.1, 0.15) is 18.0 Å². The van der Waals surface area contributed by atoms with E-state index in [4.69, 9.17) is 11.6 Å². The van der Waals surface area contributed by atoms with Gasteiger partial charge in [-0.3, -0.25) is 4.79 Å². The van der Waals surface area contributed by atoms with Crippen LogP contribution in [0.2, 0.25) is 5.02 Å². The Balaban J connectivity index is 1.73. The average Bonchev–Trinajstić information content (AvgIpc) is 2.61. The Morgan fingerprint density at radius 2 is 1.62 bits per heavy atom. The lowest BCUT2D eigenvalue weighted by Gasteiger charge is -2.11. The van der Waals surface area contributed by atoms with E-state index in [2.05, 4.69) is 25.9 Å². The molecular weight excluding hydrogens is 350 g/mol. The summed E-state index contributed by atoms with van der Waals surface area (Å²) in [6.07, 6.45) is 1.48. The average molecular weight is 368 g/mol. The zero-order valence-corrected chi connectivity index (χ0v) is 15.1. The molecule has 0 fully saturated rings. The second-order valence-corrected chi connectivity index (χ2v) is 6.12. The molecule has 3 N–H and O–H groups in total. The third kappa shape index (κ3) is 4.49. The maximum absolute atomic E-state index is 11.1. The highest BCUT2D eigenvalue weighted by molar-refractivity contribution is 6.31. The van der Waals surface area contributed by atoms with Crippen LogP contribution in [0.4, 0.5) is 28.7 Å². The lowest BCUT2D eigenvalue weighted by molar-refractivity contribution is -0.114. The minimum Gasteiger partial charge on any atom is -0.340 e. The second-order valence-electron chi connectivity index (χ2n) is 5.71. The Morgan fingerprint density at radius 1 is 0.962 bits per heavy atom. The van der Waals surface area contributed by atoms with Gasteiger partial charge in [-0.1, -0.05) is 17.7 Å². The van der Waals surface area contributed by atoms with E-state index in [1.54, 1.807) is 0 Å². The monoisotopic (exact) mass is 367 g/mol. The van der Waals surface area contributed by atoms with Crippen molar-refractivity contribution in [3.63, 3.8) is 0 Å². The molecule has 1 aromatic heterocycles. The van der Waals surface area contributed by atoms with Crippen molar-refractivity contribution in [1.82, 2.24) is 9.97 Å². The van der Waals surface area contributed by atoms with Crippen LogP contribution >= 0.6 is 11.6 Å². The second kappa shape index (κ2) is 7.84. The van der Waals surface area contributed by atoms with Crippen LogP contribution in [-0.2, 0) is 4.79 Å². The molecule has 0 radical (unpaired) electrons. The number of anilines is 5. The number of carbonyl (C=O) groups is 1. The Morgan fingerprint density at radius 3 is 2.31 bits per heavy atom. The van der Waals surface area contributed by atoms with Crippen molar-refractivity contribution in [2.75, 3.05) is 16.0 Å². The summed E-state index contributed by atoms with van der Waals surface area (Å²) in [6.45, 7) is 3.42. The molecule has 0 saturated heterocycles. The molecule has 0 unspecified atom stereocenters. The van der Waals surface area contributed by atoms with Gasteiger partial charge in [-0.25, -0.2) is 9.97 Å². The maximum Gasteiger partial charge on any atom is 0.221 e. The zero-order chi connectivity index (χ0) is 18.5. The highest BCUT2D eigenvalue weighted by Crippen LogP contribution is 2.26. The summed E-state index contributed by atoms with van der Waals surface area (Å²) < 4.78 is 0. The number of nitrogens with zero attached hydrogens (tertiary/aromatic N) is 2. The molecule has 1 amide bonds. The number of carbonyl (C=O) groups excluding carboxylic acids is 1. The fourth-order valence-corrected chi connectivity index (χ4v) is 2.54. The van der Waals surface area contributed by atoms with Gasteiger partial charge in [0.25, 0.3) is 0 Å². The Hall–Kier alpha value is -3.12. The SMILES string of the molecule is CC(=O)Nc1ccc(Nc2cc(Nc3cccc(Cl)c3C)ncn2)cc1. The molecule has 0 saturated carbocycles. The Labute approximate surface area is 156 Å². The number of hydrogen-bond acceptors (Lipinski definition) is 5. The van der Waals surface area contributed by atoms with E-state index < -0.39 is 0 Å². The molecule has 2 aromatic carbocycles. The molecule has 0 aliphatic heterocycles. The first-order chi connectivity index (χ1) is 12.5. The highest BCUT2D eigenvalue weighted by Gasteiger charge is 2.05. The molecule has 0 atom stereocenters. The predicted molar refractivity (Wildman–Crippen MR) is 106 cm³/mol. The van der Waals surface area contributed by atoms with Crippen molar-refractivity contribution in [2.24, 2.45) is 0 Å². The predicted octanol–water partition coefficient (Wildman–Crippen LogP) is 4.88. The van der Waals surface area contributed by atoms with Gasteiger partial charge in [0, 0.05) is 35.1 Å². The third-order valence-corrected chi connectivity index (χ3v) is 4.08. The Kier molecular flexibility index (Phi) is 5.34. The Bertz CT molecular complexity index is 927. The highest BCUT2D eigenvalue weighted by atomic mass is 35.5. The maximum atomic E-state index is 11.1. The van der Waals surface area contributed by atoms with Crippen molar-refractivity contribution >= 4 is 46.2 Å². The summed E-state index contributed by atoms with van der Waals surface area (Å²) in [7, 11) is 0. The smallest absolute Gasteiger partial charge is 0.221 e. The van der Waals surface area contributed by atoms with Gasteiger partial charge in [-0.05, 0) is 48.9 Å². The van der Waals surface area contributed by atoms with Gasteiger partial charge in [-0.2, -0.15) is 0 Å². The molecule has 7 heteroatoms. The number of halogens is 1. The fourth-order valence-electron chi connectivity index (χ4n) is 2.36. The first kappa shape index (κ1) is 17.7. The van der Waals surface area contributed by atoms with E-state index in [1.165, 1.54) is 13.3 Å². The topological polar surface area (TPSA) is 78.9 Å². The quantitative estimate of drug-likeness (QED) is 0.598. The summed E-state index contributed by atoms with van der Waals surface area (Å²) in [4.78, 5) is 19.5. The molecule has 0 aliphatic carbocycles. The molecule has 0 bridgehead atoms. The van der Waals surface area contributed by atoms with Gasteiger partial charge in [-0.15, -0.1) is 0 Å². The number of nitrogens with one attached hydrogen (secondary N) is 3. The largest absolute Gasteiger partial charge is 0.340 e. The van der Waals surface area contributed by atoms with Crippen LogP contribution < -0.4 is 16.0 Å². The zero-order valence-electron chi connectivity index (χ0n) is 14.4. The number of hydrogen-bond donors (Lipinski definition) is 3. The van der Waals surface area contributed by atoms with Gasteiger partial charge < -0.3 is 16.0 Å². The van der Waals surface area contributed by atoms with Crippen LogP contribution in [0.5, 0.6) is 0 Å². The molecule has 0 spiro atoms. The first-order valence-corrected chi connectivity index (χ1v) is 8.38. The van der Waals surface area contributed by atoms with Crippen molar-refractivity contribution in [3.8, 4) is 0 Å². The van der Waals surface area contributed by atoms with E-state index in [1.807, 2.05) is 55.5 Å². The minimum atomic E-state index is -0.103. The normalized spacial score (nSPS) is 10.3. The van der Waals surface area contributed by atoms with Crippen LogP contribution in [0.1, 0.15) is 12.5 Å². The van der Waals surface area contributed by atoms with E-state index in [-0.39, 0.29) is 5.91 Å². The van der Waals surface area contributed by atoms with E-state index in [0.717, 1.165) is 22.6 Å². The van der Waals surface area contributed by atoms with Gasteiger partial charge in [0.15, 0.2) is 0 Å². The molecule has 1 heterocycles. The van der Waals surface area contributed by atoms with Crippen LogP contribution in [-0.4, -0.2) is 15.9 Å². The summed E-state index contributed by atoms with van der Waals surface area (Å²) in [6, 6.07) is 14.8. The molecular formula is C19H18ClN5O. The molecule has 26 heavy (non-hydrogen) atoms. The number of benzene rings is 2. The van der Waals surface area contributed by atoms with Crippen molar-refractivity contribution in [1.29, 1.82) is 0 Å². The van der Waals surface area contributed by atoms with Crippen LogP contribution in [0.25, 0.3) is 0 Å².